The molecule has 86 valence electrons. The van der Waals surface area contributed by atoms with Crippen LogP contribution in [0.1, 0.15) is 18.9 Å². The van der Waals surface area contributed by atoms with Gasteiger partial charge in [0.15, 0.2) is 0 Å². The fraction of sp³-hybridized carbons (Fsp3) is 0.385. The highest BCUT2D eigenvalue weighted by Gasteiger charge is 2.12. The van der Waals surface area contributed by atoms with Gasteiger partial charge in [-0.25, -0.2) is 4.39 Å². The minimum Gasteiger partial charge on any atom is -0.313 e. The van der Waals surface area contributed by atoms with Crippen LogP contribution in [0.15, 0.2) is 18.2 Å². The van der Waals surface area contributed by atoms with Crippen molar-refractivity contribution in [2.75, 3.05) is 6.54 Å². The molecule has 1 N–H and O–H groups in total. The molecule has 0 spiro atoms. The molecule has 0 aliphatic carbocycles. The summed E-state index contributed by atoms with van der Waals surface area (Å²) in [5, 5.41) is 3.39. The molecule has 0 amide bonds. The molecule has 1 rings (SSSR count). The molecule has 0 saturated carbocycles. The Morgan fingerprint density at radius 3 is 2.94 bits per heavy atom. The number of hydrogen-bond donors (Lipinski definition) is 1. The van der Waals surface area contributed by atoms with E-state index in [9.17, 15) is 4.39 Å². The monoisotopic (exact) mass is 239 g/mol. The molecule has 1 nitrogen and oxygen atoms in total. The molecule has 0 heterocycles. The molecule has 0 saturated heterocycles. The van der Waals surface area contributed by atoms with Gasteiger partial charge in [0.25, 0.3) is 0 Å². The van der Waals surface area contributed by atoms with Crippen molar-refractivity contribution >= 4 is 11.6 Å². The molecule has 1 unspecified atom stereocenters. The number of terminal acetylenes is 1. The first-order valence-corrected chi connectivity index (χ1v) is 5.66. The Hall–Kier alpha value is -1.04. The van der Waals surface area contributed by atoms with E-state index in [1.165, 1.54) is 0 Å². The Balaban J connectivity index is 2.77. The minimum absolute atomic E-state index is 0.1000. The second-order valence-corrected chi connectivity index (χ2v) is 3.99. The van der Waals surface area contributed by atoms with Crippen LogP contribution in [0.4, 0.5) is 4.39 Å². The van der Waals surface area contributed by atoms with E-state index in [4.69, 9.17) is 18.0 Å². The van der Waals surface area contributed by atoms with Gasteiger partial charge in [0.1, 0.15) is 5.82 Å². The lowest BCUT2D eigenvalue weighted by Gasteiger charge is -2.15. The highest BCUT2D eigenvalue weighted by molar-refractivity contribution is 6.30. The van der Waals surface area contributed by atoms with Crippen LogP contribution in [0.3, 0.4) is 0 Å². The van der Waals surface area contributed by atoms with Crippen LogP contribution in [0.5, 0.6) is 0 Å². The maximum absolute atomic E-state index is 13.6. The quantitative estimate of drug-likeness (QED) is 0.779. The van der Waals surface area contributed by atoms with Crippen LogP contribution in [0.25, 0.3) is 0 Å². The third-order valence-electron chi connectivity index (χ3n) is 2.35. The van der Waals surface area contributed by atoms with Gasteiger partial charge in [0, 0.05) is 12.5 Å². The highest BCUT2D eigenvalue weighted by atomic mass is 35.5. The molecular weight excluding hydrogens is 225 g/mol. The Labute approximate surface area is 101 Å². The van der Waals surface area contributed by atoms with E-state index in [-0.39, 0.29) is 16.9 Å². The molecule has 3 heteroatoms. The van der Waals surface area contributed by atoms with Crippen molar-refractivity contribution in [3.63, 3.8) is 0 Å². The molecule has 0 aromatic heterocycles. The smallest absolute Gasteiger partial charge is 0.145 e. The van der Waals surface area contributed by atoms with Gasteiger partial charge in [-0.05, 0) is 24.6 Å². The predicted octanol–water partition coefficient (Wildman–Crippen LogP) is 3.02. The Morgan fingerprint density at radius 2 is 2.31 bits per heavy atom. The fourth-order valence-corrected chi connectivity index (χ4v) is 1.81. The van der Waals surface area contributed by atoms with E-state index < -0.39 is 0 Å². The van der Waals surface area contributed by atoms with E-state index in [0.717, 1.165) is 6.54 Å². The van der Waals surface area contributed by atoms with Gasteiger partial charge in [-0.1, -0.05) is 30.7 Å². The molecule has 1 aromatic carbocycles. The van der Waals surface area contributed by atoms with Crippen molar-refractivity contribution < 1.29 is 4.39 Å². The maximum Gasteiger partial charge on any atom is 0.145 e. The van der Waals surface area contributed by atoms with Crippen LogP contribution in [0.2, 0.25) is 5.02 Å². The van der Waals surface area contributed by atoms with Gasteiger partial charge < -0.3 is 5.32 Å². The average Bonchev–Trinajstić information content (AvgIpc) is 2.25. The molecule has 0 radical (unpaired) electrons. The predicted molar refractivity (Wildman–Crippen MR) is 66.0 cm³/mol. The molecule has 1 atom stereocenters. The first-order valence-electron chi connectivity index (χ1n) is 5.28. The lowest BCUT2D eigenvalue weighted by molar-refractivity contribution is 0.517. The van der Waals surface area contributed by atoms with Crippen molar-refractivity contribution in [2.45, 2.75) is 25.8 Å². The number of hydrogen-bond acceptors (Lipinski definition) is 1. The van der Waals surface area contributed by atoms with Crippen molar-refractivity contribution in [2.24, 2.45) is 0 Å². The topological polar surface area (TPSA) is 12.0 Å². The van der Waals surface area contributed by atoms with E-state index in [2.05, 4.69) is 11.2 Å². The summed E-state index contributed by atoms with van der Waals surface area (Å²) in [5.41, 5.74) is 0.605. The molecule has 0 aliphatic rings. The van der Waals surface area contributed by atoms with Gasteiger partial charge in [0.2, 0.25) is 0 Å². The summed E-state index contributed by atoms with van der Waals surface area (Å²) >= 11 is 5.72. The number of likely N-dealkylation sites (N-methyl/N-ethyl adjacent to an activating group) is 1. The number of nitrogens with one attached hydrogen (secondary N) is 1. The Bertz CT molecular complexity index is 384. The summed E-state index contributed by atoms with van der Waals surface area (Å²) in [5.74, 6) is 2.25. The SMILES string of the molecule is C#CCC(Cc1cccc(Cl)c1F)NCC. The molecule has 0 aliphatic heterocycles. The highest BCUT2D eigenvalue weighted by Crippen LogP contribution is 2.19. The van der Waals surface area contributed by atoms with Gasteiger partial charge in [-0.3, -0.25) is 0 Å². The van der Waals surface area contributed by atoms with Crippen molar-refractivity contribution in [1.82, 2.24) is 5.32 Å². The number of rotatable bonds is 5. The van der Waals surface area contributed by atoms with Crippen LogP contribution in [-0.4, -0.2) is 12.6 Å². The maximum atomic E-state index is 13.6. The van der Waals surface area contributed by atoms with Crippen molar-refractivity contribution in [3.8, 4) is 12.3 Å². The molecule has 0 bridgehead atoms. The van der Waals surface area contributed by atoms with Gasteiger partial charge >= 0.3 is 0 Å². The minimum atomic E-state index is -0.343. The fourth-order valence-electron chi connectivity index (χ4n) is 1.62. The zero-order valence-corrected chi connectivity index (χ0v) is 10.0. The van der Waals surface area contributed by atoms with Crippen LogP contribution < -0.4 is 5.32 Å². The summed E-state index contributed by atoms with van der Waals surface area (Å²) in [6.07, 6.45) is 6.41. The zero-order valence-electron chi connectivity index (χ0n) is 9.26. The van der Waals surface area contributed by atoms with Crippen LogP contribution >= 0.6 is 11.6 Å². The number of benzene rings is 1. The van der Waals surface area contributed by atoms with E-state index in [0.29, 0.717) is 18.4 Å². The lowest BCUT2D eigenvalue weighted by Crippen LogP contribution is -2.30. The summed E-state index contributed by atoms with van der Waals surface area (Å²) in [4.78, 5) is 0. The van der Waals surface area contributed by atoms with Crippen molar-refractivity contribution in [3.05, 3.63) is 34.6 Å². The first kappa shape index (κ1) is 13.0. The molecule has 1 aromatic rings. The average molecular weight is 240 g/mol. The van der Waals surface area contributed by atoms with E-state index >= 15 is 0 Å². The second-order valence-electron chi connectivity index (χ2n) is 3.58. The standard InChI is InChI=1S/C13H15ClFN/c1-3-6-11(16-4-2)9-10-7-5-8-12(14)13(10)15/h1,5,7-8,11,16H,4,6,9H2,2H3. The molecule has 0 fully saturated rings. The Morgan fingerprint density at radius 1 is 1.56 bits per heavy atom. The summed E-state index contributed by atoms with van der Waals surface area (Å²) in [6.45, 7) is 2.81. The summed E-state index contributed by atoms with van der Waals surface area (Å²) < 4.78 is 13.6. The molecule has 16 heavy (non-hydrogen) atoms. The third kappa shape index (κ3) is 3.52. The number of halogens is 2. The summed E-state index contributed by atoms with van der Waals surface area (Å²) in [7, 11) is 0. The lowest BCUT2D eigenvalue weighted by atomic mass is 10.0. The third-order valence-corrected chi connectivity index (χ3v) is 2.65. The van der Waals surface area contributed by atoms with Crippen LogP contribution in [0, 0.1) is 18.2 Å². The normalized spacial score (nSPS) is 12.1. The van der Waals surface area contributed by atoms with E-state index in [1.807, 2.05) is 6.92 Å². The Kier molecular flexibility index (Phi) is 5.31. The van der Waals surface area contributed by atoms with Gasteiger partial charge in [-0.2, -0.15) is 0 Å². The largest absolute Gasteiger partial charge is 0.313 e. The van der Waals surface area contributed by atoms with Crippen LogP contribution in [-0.2, 0) is 6.42 Å². The van der Waals surface area contributed by atoms with Gasteiger partial charge in [0.05, 0.1) is 5.02 Å². The first-order chi connectivity index (χ1) is 7.69. The second kappa shape index (κ2) is 6.52. The summed E-state index contributed by atoms with van der Waals surface area (Å²) in [6, 6.07) is 5.13. The molecular formula is C13H15ClFN. The van der Waals surface area contributed by atoms with Gasteiger partial charge in [-0.15, -0.1) is 12.3 Å². The zero-order chi connectivity index (χ0) is 12.0. The van der Waals surface area contributed by atoms with Crippen molar-refractivity contribution in [1.29, 1.82) is 0 Å². The van der Waals surface area contributed by atoms with E-state index in [1.54, 1.807) is 18.2 Å².